The van der Waals surface area contributed by atoms with Crippen LogP contribution < -0.4 is 11.1 Å². The van der Waals surface area contributed by atoms with Crippen LogP contribution in [0.2, 0.25) is 0 Å². The van der Waals surface area contributed by atoms with Crippen LogP contribution in [0.4, 0.5) is 4.79 Å². The van der Waals surface area contributed by atoms with Crippen LogP contribution in [0.25, 0.3) is 0 Å². The molecule has 3 N–H and O–H groups in total. The number of carbonyl (C=O) groups excluding carboxylic acids is 1. The third kappa shape index (κ3) is 5.19. The Labute approximate surface area is 109 Å². The lowest BCUT2D eigenvalue weighted by molar-refractivity contribution is 0.197. The highest BCUT2D eigenvalue weighted by Crippen LogP contribution is 1.99. The molecule has 4 nitrogen and oxygen atoms in total. The summed E-state index contributed by atoms with van der Waals surface area (Å²) in [5, 5.41) is 2.94. The van der Waals surface area contributed by atoms with E-state index in [0.29, 0.717) is 13.1 Å². The summed E-state index contributed by atoms with van der Waals surface area (Å²) in [6.45, 7) is 4.76. The van der Waals surface area contributed by atoms with Crippen molar-refractivity contribution in [1.29, 1.82) is 0 Å². The van der Waals surface area contributed by atoms with Gasteiger partial charge in [0.25, 0.3) is 0 Å². The van der Waals surface area contributed by atoms with E-state index in [1.165, 1.54) is 0 Å². The Kier molecular flexibility index (Phi) is 6.87. The molecule has 0 bridgehead atoms. The number of urea groups is 1. The number of benzene rings is 1. The van der Waals surface area contributed by atoms with Gasteiger partial charge in [-0.25, -0.2) is 4.79 Å². The summed E-state index contributed by atoms with van der Waals surface area (Å²) in [6.07, 6.45) is 1.81. The van der Waals surface area contributed by atoms with Gasteiger partial charge in [0.15, 0.2) is 0 Å². The molecule has 0 aliphatic heterocycles. The molecule has 18 heavy (non-hydrogen) atoms. The van der Waals surface area contributed by atoms with Crippen molar-refractivity contribution in [1.82, 2.24) is 10.2 Å². The average molecular weight is 249 g/mol. The number of hydrogen-bond donors (Lipinski definition) is 2. The number of carbonyl (C=O) groups is 1. The van der Waals surface area contributed by atoms with Gasteiger partial charge in [0, 0.05) is 19.6 Å². The minimum absolute atomic E-state index is 0.00541. The smallest absolute Gasteiger partial charge is 0.317 e. The Hall–Kier alpha value is -1.55. The normalized spacial score (nSPS) is 10.1. The van der Waals surface area contributed by atoms with E-state index in [0.717, 1.165) is 31.5 Å². The van der Waals surface area contributed by atoms with E-state index in [1.807, 2.05) is 35.2 Å². The fraction of sp³-hybridized carbons (Fsp3) is 0.500. The van der Waals surface area contributed by atoms with Crippen molar-refractivity contribution < 1.29 is 4.79 Å². The maximum atomic E-state index is 12.0. The Morgan fingerprint density at radius 2 is 2.00 bits per heavy atom. The fourth-order valence-electron chi connectivity index (χ4n) is 1.75. The average Bonchev–Trinajstić information content (AvgIpc) is 2.42. The molecule has 0 spiro atoms. The van der Waals surface area contributed by atoms with E-state index in [-0.39, 0.29) is 6.03 Å². The molecule has 2 amide bonds. The van der Waals surface area contributed by atoms with Crippen LogP contribution >= 0.6 is 0 Å². The second kappa shape index (κ2) is 8.53. The molecule has 100 valence electrons. The lowest BCUT2D eigenvalue weighted by atomic mass is 10.2. The summed E-state index contributed by atoms with van der Waals surface area (Å²) < 4.78 is 0. The van der Waals surface area contributed by atoms with Gasteiger partial charge in [-0.3, -0.25) is 0 Å². The standard InChI is InChI=1S/C14H23N3O/c1-2-10-17(11-6-9-15)14(18)16-12-13-7-4-3-5-8-13/h3-5,7-8H,2,6,9-12,15H2,1H3,(H,16,18). The molecule has 4 heteroatoms. The maximum absolute atomic E-state index is 12.0. The van der Waals surface area contributed by atoms with Crippen molar-refractivity contribution in [3.8, 4) is 0 Å². The summed E-state index contributed by atoms with van der Waals surface area (Å²) in [7, 11) is 0. The van der Waals surface area contributed by atoms with Crippen LogP contribution in [-0.4, -0.2) is 30.6 Å². The van der Waals surface area contributed by atoms with Crippen molar-refractivity contribution in [2.45, 2.75) is 26.3 Å². The minimum Gasteiger partial charge on any atom is -0.334 e. The van der Waals surface area contributed by atoms with Crippen molar-refractivity contribution in [2.75, 3.05) is 19.6 Å². The number of hydrogen-bond acceptors (Lipinski definition) is 2. The number of nitrogens with one attached hydrogen (secondary N) is 1. The third-order valence-electron chi connectivity index (χ3n) is 2.70. The van der Waals surface area contributed by atoms with Gasteiger partial charge in [-0.1, -0.05) is 37.3 Å². The number of rotatable bonds is 7. The van der Waals surface area contributed by atoms with Gasteiger partial charge in [0.2, 0.25) is 0 Å². The molecule has 0 saturated carbocycles. The van der Waals surface area contributed by atoms with Gasteiger partial charge in [-0.05, 0) is 24.9 Å². The van der Waals surface area contributed by atoms with E-state index in [9.17, 15) is 4.79 Å². The van der Waals surface area contributed by atoms with Gasteiger partial charge in [0.05, 0.1) is 0 Å². The molecule has 0 aliphatic carbocycles. The Morgan fingerprint density at radius 1 is 1.28 bits per heavy atom. The summed E-state index contributed by atoms with van der Waals surface area (Å²) in [5.74, 6) is 0. The monoisotopic (exact) mass is 249 g/mol. The second-order valence-corrected chi connectivity index (χ2v) is 4.27. The van der Waals surface area contributed by atoms with Gasteiger partial charge >= 0.3 is 6.03 Å². The molecule has 1 aromatic rings. The number of amides is 2. The van der Waals surface area contributed by atoms with Gasteiger partial charge in [0.1, 0.15) is 0 Å². The third-order valence-corrected chi connectivity index (χ3v) is 2.70. The van der Waals surface area contributed by atoms with E-state index in [2.05, 4.69) is 12.2 Å². The van der Waals surface area contributed by atoms with Crippen molar-refractivity contribution in [3.63, 3.8) is 0 Å². The van der Waals surface area contributed by atoms with Gasteiger partial charge in [-0.15, -0.1) is 0 Å². The zero-order valence-electron chi connectivity index (χ0n) is 11.1. The van der Waals surface area contributed by atoms with Crippen LogP contribution in [0.3, 0.4) is 0 Å². The maximum Gasteiger partial charge on any atom is 0.317 e. The first-order chi connectivity index (χ1) is 8.77. The van der Waals surface area contributed by atoms with Crippen molar-refractivity contribution in [2.24, 2.45) is 5.73 Å². The number of nitrogens with two attached hydrogens (primary N) is 1. The minimum atomic E-state index is -0.00541. The van der Waals surface area contributed by atoms with Crippen LogP contribution in [-0.2, 0) is 6.54 Å². The molecule has 0 aliphatic rings. The lowest BCUT2D eigenvalue weighted by Crippen LogP contribution is -2.41. The first kappa shape index (κ1) is 14.5. The predicted molar refractivity (Wildman–Crippen MR) is 74.2 cm³/mol. The SMILES string of the molecule is CCCN(CCCN)C(=O)NCc1ccccc1. The van der Waals surface area contributed by atoms with E-state index in [1.54, 1.807) is 0 Å². The molecule has 0 fully saturated rings. The van der Waals surface area contributed by atoms with E-state index >= 15 is 0 Å². The van der Waals surface area contributed by atoms with E-state index in [4.69, 9.17) is 5.73 Å². The Bertz CT molecular complexity index is 340. The molecule has 0 heterocycles. The molecule has 0 atom stereocenters. The summed E-state index contributed by atoms with van der Waals surface area (Å²) in [4.78, 5) is 13.8. The highest BCUT2D eigenvalue weighted by atomic mass is 16.2. The quantitative estimate of drug-likeness (QED) is 0.776. The molecular weight excluding hydrogens is 226 g/mol. The van der Waals surface area contributed by atoms with Crippen LogP contribution in [0.5, 0.6) is 0 Å². The summed E-state index contributed by atoms with van der Waals surface area (Å²) >= 11 is 0. The summed E-state index contributed by atoms with van der Waals surface area (Å²) in [6, 6.07) is 9.92. The van der Waals surface area contributed by atoms with E-state index < -0.39 is 0 Å². The molecule has 0 radical (unpaired) electrons. The molecule has 1 aromatic carbocycles. The highest BCUT2D eigenvalue weighted by Gasteiger charge is 2.10. The largest absolute Gasteiger partial charge is 0.334 e. The first-order valence-electron chi connectivity index (χ1n) is 6.54. The van der Waals surface area contributed by atoms with Gasteiger partial charge in [-0.2, -0.15) is 0 Å². The van der Waals surface area contributed by atoms with Crippen molar-refractivity contribution in [3.05, 3.63) is 35.9 Å². The number of nitrogens with zero attached hydrogens (tertiary/aromatic N) is 1. The van der Waals surface area contributed by atoms with Crippen LogP contribution in [0, 0.1) is 0 Å². The highest BCUT2D eigenvalue weighted by molar-refractivity contribution is 5.74. The topological polar surface area (TPSA) is 58.4 Å². The van der Waals surface area contributed by atoms with Crippen LogP contribution in [0.15, 0.2) is 30.3 Å². The Morgan fingerprint density at radius 3 is 2.61 bits per heavy atom. The molecular formula is C14H23N3O. The fourth-order valence-corrected chi connectivity index (χ4v) is 1.75. The molecule has 0 saturated heterocycles. The zero-order valence-corrected chi connectivity index (χ0v) is 11.1. The molecule has 1 rings (SSSR count). The zero-order chi connectivity index (χ0) is 13.2. The van der Waals surface area contributed by atoms with Crippen molar-refractivity contribution >= 4 is 6.03 Å². The predicted octanol–water partition coefficient (Wildman–Crippen LogP) is 1.96. The second-order valence-electron chi connectivity index (χ2n) is 4.27. The summed E-state index contributed by atoms with van der Waals surface area (Å²) in [5.41, 5.74) is 6.59. The van der Waals surface area contributed by atoms with Gasteiger partial charge < -0.3 is 16.0 Å². The lowest BCUT2D eigenvalue weighted by Gasteiger charge is -2.22. The molecule has 0 unspecified atom stereocenters. The first-order valence-corrected chi connectivity index (χ1v) is 6.54. The Balaban J connectivity index is 2.40. The van der Waals surface area contributed by atoms with Crippen LogP contribution in [0.1, 0.15) is 25.3 Å². The molecule has 0 aromatic heterocycles.